The van der Waals surface area contributed by atoms with Gasteiger partial charge in [-0.2, -0.15) is 0 Å². The van der Waals surface area contributed by atoms with E-state index < -0.39 is 0 Å². The van der Waals surface area contributed by atoms with Crippen LogP contribution in [0.25, 0.3) is 10.9 Å². The van der Waals surface area contributed by atoms with Crippen LogP contribution in [0.1, 0.15) is 25.3 Å². The monoisotopic (exact) mass is 305 g/mol. The molecule has 0 spiro atoms. The Balaban J connectivity index is 1.71. The first-order valence-corrected chi connectivity index (χ1v) is 7.76. The van der Waals surface area contributed by atoms with Gasteiger partial charge in [-0.3, -0.25) is 9.79 Å². The summed E-state index contributed by atoms with van der Waals surface area (Å²) >= 11 is 0. The number of aliphatic imine (C=N–C) groups is 1. The predicted octanol–water partition coefficient (Wildman–Crippen LogP) is 4.66. The van der Waals surface area contributed by atoms with E-state index in [-0.39, 0.29) is 5.91 Å². The van der Waals surface area contributed by atoms with Gasteiger partial charge in [0.1, 0.15) is 0 Å². The highest BCUT2D eigenvalue weighted by molar-refractivity contribution is 5.99. The van der Waals surface area contributed by atoms with Crippen LogP contribution >= 0.6 is 0 Å². The number of carbonyl (C=O) groups is 1. The smallest absolute Gasteiger partial charge is 0.224 e. The number of aromatic nitrogens is 1. The third-order valence-electron chi connectivity index (χ3n) is 3.60. The maximum Gasteiger partial charge on any atom is 0.224 e. The minimum absolute atomic E-state index is 0.0440. The van der Waals surface area contributed by atoms with Gasteiger partial charge < -0.3 is 10.3 Å². The van der Waals surface area contributed by atoms with Gasteiger partial charge in [-0.25, -0.2) is 0 Å². The SMILES string of the molecule is CCCC(=O)Nc1ccc(N=Cc2c[nH]c3ccccc23)cc1. The largest absolute Gasteiger partial charge is 0.361 e. The van der Waals surface area contributed by atoms with Gasteiger partial charge in [0.25, 0.3) is 0 Å². The number of aromatic amines is 1. The molecule has 1 heterocycles. The molecule has 0 saturated carbocycles. The van der Waals surface area contributed by atoms with Crippen molar-refractivity contribution in [3.05, 3.63) is 60.3 Å². The van der Waals surface area contributed by atoms with Crippen molar-refractivity contribution >= 4 is 34.4 Å². The first-order chi connectivity index (χ1) is 11.3. The molecule has 0 aliphatic carbocycles. The number of hydrogen-bond donors (Lipinski definition) is 2. The highest BCUT2D eigenvalue weighted by Crippen LogP contribution is 2.19. The zero-order valence-corrected chi connectivity index (χ0v) is 13.0. The van der Waals surface area contributed by atoms with E-state index in [1.807, 2.05) is 61.8 Å². The second kappa shape index (κ2) is 6.92. The Kier molecular flexibility index (Phi) is 4.52. The molecule has 0 fully saturated rings. The second-order valence-corrected chi connectivity index (χ2v) is 5.39. The van der Waals surface area contributed by atoms with Crippen molar-refractivity contribution in [2.45, 2.75) is 19.8 Å². The van der Waals surface area contributed by atoms with Crippen molar-refractivity contribution in [1.29, 1.82) is 0 Å². The fourth-order valence-electron chi connectivity index (χ4n) is 2.43. The Labute approximate surface area is 135 Å². The lowest BCUT2D eigenvalue weighted by Gasteiger charge is -2.04. The fourth-order valence-corrected chi connectivity index (χ4v) is 2.43. The van der Waals surface area contributed by atoms with Crippen molar-refractivity contribution in [3.8, 4) is 0 Å². The molecule has 0 aliphatic rings. The molecule has 1 aromatic heterocycles. The Morgan fingerprint density at radius 2 is 1.96 bits per heavy atom. The topological polar surface area (TPSA) is 57.2 Å². The summed E-state index contributed by atoms with van der Waals surface area (Å²) in [6.45, 7) is 1.99. The molecule has 4 heteroatoms. The van der Waals surface area contributed by atoms with Gasteiger partial charge in [-0.1, -0.05) is 25.1 Å². The van der Waals surface area contributed by atoms with Crippen LogP contribution < -0.4 is 5.32 Å². The average molecular weight is 305 g/mol. The number of rotatable bonds is 5. The minimum atomic E-state index is 0.0440. The number of nitrogens with zero attached hydrogens (tertiary/aromatic N) is 1. The summed E-state index contributed by atoms with van der Waals surface area (Å²) in [6.07, 6.45) is 5.19. The van der Waals surface area contributed by atoms with Crippen LogP contribution in [-0.4, -0.2) is 17.1 Å². The number of hydrogen-bond acceptors (Lipinski definition) is 2. The van der Waals surface area contributed by atoms with E-state index in [1.54, 1.807) is 0 Å². The number of amides is 1. The van der Waals surface area contributed by atoms with Crippen LogP contribution in [0, 0.1) is 0 Å². The van der Waals surface area contributed by atoms with Crippen molar-refractivity contribution in [1.82, 2.24) is 4.98 Å². The number of carbonyl (C=O) groups excluding carboxylic acids is 1. The summed E-state index contributed by atoms with van der Waals surface area (Å²) in [5.74, 6) is 0.0440. The first kappa shape index (κ1) is 15.0. The maximum absolute atomic E-state index is 11.6. The highest BCUT2D eigenvalue weighted by atomic mass is 16.1. The lowest BCUT2D eigenvalue weighted by molar-refractivity contribution is -0.116. The van der Waals surface area contributed by atoms with E-state index in [9.17, 15) is 4.79 Å². The minimum Gasteiger partial charge on any atom is -0.361 e. The zero-order valence-electron chi connectivity index (χ0n) is 13.0. The molecule has 3 rings (SSSR count). The Morgan fingerprint density at radius 1 is 1.17 bits per heavy atom. The molecular formula is C19H19N3O. The standard InChI is InChI=1S/C19H19N3O/c1-2-5-19(23)22-16-10-8-15(9-11-16)20-12-14-13-21-18-7-4-3-6-17(14)18/h3-4,6-13,21H,2,5H2,1H3,(H,22,23). The van der Waals surface area contributed by atoms with Gasteiger partial charge in [0.2, 0.25) is 5.91 Å². The molecule has 0 radical (unpaired) electrons. The molecule has 0 bridgehead atoms. The summed E-state index contributed by atoms with van der Waals surface area (Å²) in [7, 11) is 0. The number of nitrogens with one attached hydrogen (secondary N) is 2. The number of H-pyrrole nitrogens is 1. The summed E-state index contributed by atoms with van der Waals surface area (Å²) in [4.78, 5) is 19.3. The van der Waals surface area contributed by atoms with Crippen molar-refractivity contribution in [3.63, 3.8) is 0 Å². The highest BCUT2D eigenvalue weighted by Gasteiger charge is 2.01. The summed E-state index contributed by atoms with van der Waals surface area (Å²) in [5, 5.41) is 4.02. The van der Waals surface area contributed by atoms with Crippen molar-refractivity contribution in [2.75, 3.05) is 5.32 Å². The van der Waals surface area contributed by atoms with Crippen LogP contribution in [-0.2, 0) is 4.79 Å². The van der Waals surface area contributed by atoms with E-state index in [1.165, 1.54) is 0 Å². The van der Waals surface area contributed by atoms with E-state index in [4.69, 9.17) is 0 Å². The lowest BCUT2D eigenvalue weighted by Crippen LogP contribution is -2.10. The van der Waals surface area contributed by atoms with Gasteiger partial charge in [0.15, 0.2) is 0 Å². The Morgan fingerprint density at radius 3 is 2.74 bits per heavy atom. The van der Waals surface area contributed by atoms with Gasteiger partial charge in [0.05, 0.1) is 5.69 Å². The van der Waals surface area contributed by atoms with E-state index >= 15 is 0 Å². The molecular weight excluding hydrogens is 286 g/mol. The summed E-state index contributed by atoms with van der Waals surface area (Å²) in [6, 6.07) is 15.7. The molecule has 0 unspecified atom stereocenters. The summed E-state index contributed by atoms with van der Waals surface area (Å²) in [5.41, 5.74) is 3.81. The fraction of sp³-hybridized carbons (Fsp3) is 0.158. The second-order valence-electron chi connectivity index (χ2n) is 5.39. The molecule has 23 heavy (non-hydrogen) atoms. The van der Waals surface area contributed by atoms with Gasteiger partial charge in [-0.05, 0) is 36.8 Å². The maximum atomic E-state index is 11.6. The van der Waals surface area contributed by atoms with Crippen LogP contribution in [0.15, 0.2) is 59.7 Å². The van der Waals surface area contributed by atoms with Crippen LogP contribution in [0.3, 0.4) is 0 Å². The van der Waals surface area contributed by atoms with Crippen LogP contribution in [0.5, 0.6) is 0 Å². The molecule has 0 saturated heterocycles. The third-order valence-corrected chi connectivity index (χ3v) is 3.60. The van der Waals surface area contributed by atoms with Crippen LogP contribution in [0.4, 0.5) is 11.4 Å². The van der Waals surface area contributed by atoms with Crippen LogP contribution in [0.2, 0.25) is 0 Å². The summed E-state index contributed by atoms with van der Waals surface area (Å²) < 4.78 is 0. The number of anilines is 1. The molecule has 2 N–H and O–H groups in total. The number of para-hydroxylation sites is 1. The van der Waals surface area contributed by atoms with Gasteiger partial charge >= 0.3 is 0 Å². The van der Waals surface area contributed by atoms with Gasteiger partial charge in [0, 0.05) is 41.0 Å². The molecule has 2 aromatic carbocycles. The zero-order chi connectivity index (χ0) is 16.1. The Bertz CT molecular complexity index is 831. The Hall–Kier alpha value is -2.88. The quantitative estimate of drug-likeness (QED) is 0.662. The molecule has 0 aliphatic heterocycles. The molecule has 4 nitrogen and oxygen atoms in total. The number of fused-ring (bicyclic) bond motifs is 1. The van der Waals surface area contributed by atoms with Crippen molar-refractivity contribution < 1.29 is 4.79 Å². The molecule has 0 atom stereocenters. The van der Waals surface area contributed by atoms with E-state index in [2.05, 4.69) is 21.4 Å². The molecule has 116 valence electrons. The van der Waals surface area contributed by atoms with Gasteiger partial charge in [-0.15, -0.1) is 0 Å². The molecule has 1 amide bonds. The average Bonchev–Trinajstić information content (AvgIpc) is 2.98. The first-order valence-electron chi connectivity index (χ1n) is 7.76. The third kappa shape index (κ3) is 3.66. The predicted molar refractivity (Wildman–Crippen MR) is 95.5 cm³/mol. The normalized spacial score (nSPS) is 11.2. The van der Waals surface area contributed by atoms with E-state index in [0.717, 1.165) is 34.3 Å². The lowest BCUT2D eigenvalue weighted by atomic mass is 10.2. The molecule has 3 aromatic rings. The van der Waals surface area contributed by atoms with E-state index in [0.29, 0.717) is 6.42 Å². The number of benzene rings is 2. The van der Waals surface area contributed by atoms with Crippen molar-refractivity contribution in [2.24, 2.45) is 4.99 Å².